The van der Waals surface area contributed by atoms with Crippen LogP contribution in [0.5, 0.6) is 0 Å². The van der Waals surface area contributed by atoms with E-state index in [1.54, 1.807) is 0 Å². The van der Waals surface area contributed by atoms with Gasteiger partial charge in [-0.2, -0.15) is 0 Å². The van der Waals surface area contributed by atoms with Crippen LogP contribution in [0, 0.1) is 5.41 Å². The van der Waals surface area contributed by atoms with E-state index in [9.17, 15) is 4.79 Å². The number of rotatable bonds is 6. The molecular formula is C18H28N2O. The van der Waals surface area contributed by atoms with Gasteiger partial charge < -0.3 is 10.6 Å². The molecule has 1 fully saturated rings. The second kappa shape index (κ2) is 7.08. The highest BCUT2D eigenvalue weighted by Crippen LogP contribution is 2.32. The molecule has 0 aliphatic carbocycles. The zero-order valence-corrected chi connectivity index (χ0v) is 13.5. The van der Waals surface area contributed by atoms with Gasteiger partial charge in [-0.1, -0.05) is 44.5 Å². The van der Waals surface area contributed by atoms with Crippen LogP contribution in [0.15, 0.2) is 24.3 Å². The van der Waals surface area contributed by atoms with Gasteiger partial charge in [0, 0.05) is 6.54 Å². The van der Waals surface area contributed by atoms with E-state index < -0.39 is 0 Å². The SMILES string of the molecule is CCCC1(C(=O)NC(C)c2ccc(CC)cc2)CCNC1. The summed E-state index contributed by atoms with van der Waals surface area (Å²) in [7, 11) is 0. The van der Waals surface area contributed by atoms with E-state index in [1.165, 1.54) is 11.1 Å². The molecule has 1 aromatic carbocycles. The molecule has 1 saturated heterocycles. The topological polar surface area (TPSA) is 41.1 Å². The van der Waals surface area contributed by atoms with Crippen LogP contribution in [-0.4, -0.2) is 19.0 Å². The fraction of sp³-hybridized carbons (Fsp3) is 0.611. The molecule has 1 heterocycles. The van der Waals surface area contributed by atoms with Crippen molar-refractivity contribution >= 4 is 5.91 Å². The van der Waals surface area contributed by atoms with Crippen molar-refractivity contribution in [2.75, 3.05) is 13.1 Å². The van der Waals surface area contributed by atoms with Gasteiger partial charge in [-0.05, 0) is 43.9 Å². The van der Waals surface area contributed by atoms with Crippen LogP contribution in [-0.2, 0) is 11.2 Å². The second-order valence-corrected chi connectivity index (χ2v) is 6.25. The number of amides is 1. The minimum absolute atomic E-state index is 0.0673. The predicted octanol–water partition coefficient (Wildman–Crippen LogP) is 3.21. The lowest BCUT2D eigenvalue weighted by atomic mass is 9.81. The standard InChI is InChI=1S/C18H28N2O/c1-4-10-18(11-12-19-13-18)17(21)20-14(3)16-8-6-15(5-2)7-9-16/h6-9,14,19H,4-5,10-13H2,1-3H3,(H,20,21). The third kappa shape index (κ3) is 3.65. The summed E-state index contributed by atoms with van der Waals surface area (Å²) in [6.07, 6.45) is 4.02. The maximum Gasteiger partial charge on any atom is 0.228 e. The van der Waals surface area contributed by atoms with Crippen LogP contribution in [0.2, 0.25) is 0 Å². The molecule has 0 saturated carbocycles. The average molecular weight is 288 g/mol. The van der Waals surface area contributed by atoms with Crippen LogP contribution in [0.4, 0.5) is 0 Å². The largest absolute Gasteiger partial charge is 0.349 e. The summed E-state index contributed by atoms with van der Waals surface area (Å²) in [6.45, 7) is 8.14. The Hall–Kier alpha value is -1.35. The van der Waals surface area contributed by atoms with Crippen LogP contribution >= 0.6 is 0 Å². The number of nitrogens with one attached hydrogen (secondary N) is 2. The van der Waals surface area contributed by atoms with E-state index in [0.29, 0.717) is 0 Å². The molecule has 116 valence electrons. The third-order valence-corrected chi connectivity index (χ3v) is 4.69. The van der Waals surface area contributed by atoms with Gasteiger partial charge in [0.15, 0.2) is 0 Å². The van der Waals surface area contributed by atoms with Gasteiger partial charge in [0.1, 0.15) is 0 Å². The molecule has 0 aromatic heterocycles. The van der Waals surface area contributed by atoms with Crippen molar-refractivity contribution in [3.8, 4) is 0 Å². The molecule has 3 heteroatoms. The van der Waals surface area contributed by atoms with Crippen molar-refractivity contribution in [1.82, 2.24) is 10.6 Å². The molecule has 2 N–H and O–H groups in total. The minimum Gasteiger partial charge on any atom is -0.349 e. The zero-order chi connectivity index (χ0) is 15.3. The molecular weight excluding hydrogens is 260 g/mol. The van der Waals surface area contributed by atoms with Gasteiger partial charge in [-0.3, -0.25) is 4.79 Å². The van der Waals surface area contributed by atoms with Crippen molar-refractivity contribution in [3.05, 3.63) is 35.4 Å². The highest BCUT2D eigenvalue weighted by Gasteiger charge is 2.40. The summed E-state index contributed by atoms with van der Waals surface area (Å²) < 4.78 is 0. The lowest BCUT2D eigenvalue weighted by Gasteiger charge is -2.28. The van der Waals surface area contributed by atoms with Gasteiger partial charge >= 0.3 is 0 Å². The van der Waals surface area contributed by atoms with E-state index in [0.717, 1.165) is 38.8 Å². The monoisotopic (exact) mass is 288 g/mol. The van der Waals surface area contributed by atoms with Crippen LogP contribution in [0.1, 0.15) is 57.2 Å². The van der Waals surface area contributed by atoms with Crippen LogP contribution in [0.3, 0.4) is 0 Å². The molecule has 3 nitrogen and oxygen atoms in total. The lowest BCUT2D eigenvalue weighted by molar-refractivity contribution is -0.131. The summed E-state index contributed by atoms with van der Waals surface area (Å²) in [4.78, 5) is 12.7. The first-order chi connectivity index (χ1) is 10.1. The molecule has 0 radical (unpaired) electrons. The Labute approximate surface area is 128 Å². The fourth-order valence-corrected chi connectivity index (χ4v) is 3.22. The van der Waals surface area contributed by atoms with Crippen molar-refractivity contribution in [2.24, 2.45) is 5.41 Å². The Balaban J connectivity index is 2.03. The normalized spacial score (nSPS) is 23.0. The van der Waals surface area contributed by atoms with Gasteiger partial charge in [0.05, 0.1) is 11.5 Å². The first-order valence-corrected chi connectivity index (χ1v) is 8.22. The first kappa shape index (κ1) is 16.0. The quantitative estimate of drug-likeness (QED) is 0.844. The molecule has 2 unspecified atom stereocenters. The number of carbonyl (C=O) groups is 1. The van der Waals surface area contributed by atoms with Crippen molar-refractivity contribution < 1.29 is 4.79 Å². The number of carbonyl (C=O) groups excluding carboxylic acids is 1. The number of aryl methyl sites for hydroxylation is 1. The fourth-order valence-electron chi connectivity index (χ4n) is 3.22. The molecule has 2 atom stereocenters. The Kier molecular flexibility index (Phi) is 5.40. The van der Waals surface area contributed by atoms with Crippen molar-refractivity contribution in [1.29, 1.82) is 0 Å². The van der Waals surface area contributed by atoms with E-state index in [4.69, 9.17) is 0 Å². The Morgan fingerprint density at radius 2 is 2.05 bits per heavy atom. The summed E-state index contributed by atoms with van der Waals surface area (Å²) in [5, 5.41) is 6.57. The summed E-state index contributed by atoms with van der Waals surface area (Å²) >= 11 is 0. The average Bonchev–Trinajstić information content (AvgIpc) is 2.97. The van der Waals surface area contributed by atoms with Gasteiger partial charge in [0.25, 0.3) is 0 Å². The molecule has 0 bridgehead atoms. The molecule has 2 rings (SSSR count). The van der Waals surface area contributed by atoms with E-state index in [1.807, 2.05) is 0 Å². The Morgan fingerprint density at radius 1 is 1.33 bits per heavy atom. The van der Waals surface area contributed by atoms with Crippen molar-refractivity contribution in [2.45, 2.75) is 52.5 Å². The number of hydrogen-bond donors (Lipinski definition) is 2. The molecule has 1 aliphatic heterocycles. The van der Waals surface area contributed by atoms with Gasteiger partial charge in [-0.15, -0.1) is 0 Å². The zero-order valence-electron chi connectivity index (χ0n) is 13.5. The predicted molar refractivity (Wildman–Crippen MR) is 87.2 cm³/mol. The van der Waals surface area contributed by atoms with Crippen LogP contribution < -0.4 is 10.6 Å². The number of benzene rings is 1. The summed E-state index contributed by atoms with van der Waals surface area (Å²) in [5.74, 6) is 0.210. The summed E-state index contributed by atoms with van der Waals surface area (Å²) in [5.41, 5.74) is 2.31. The van der Waals surface area contributed by atoms with Crippen LogP contribution in [0.25, 0.3) is 0 Å². The highest BCUT2D eigenvalue weighted by atomic mass is 16.2. The first-order valence-electron chi connectivity index (χ1n) is 8.22. The Morgan fingerprint density at radius 3 is 2.57 bits per heavy atom. The minimum atomic E-state index is -0.202. The number of hydrogen-bond acceptors (Lipinski definition) is 2. The Bertz CT molecular complexity index is 461. The smallest absolute Gasteiger partial charge is 0.228 e. The van der Waals surface area contributed by atoms with Crippen molar-refractivity contribution in [3.63, 3.8) is 0 Å². The van der Waals surface area contributed by atoms with E-state index in [2.05, 4.69) is 55.7 Å². The van der Waals surface area contributed by atoms with E-state index >= 15 is 0 Å². The van der Waals surface area contributed by atoms with Gasteiger partial charge in [-0.25, -0.2) is 0 Å². The molecule has 1 aliphatic rings. The van der Waals surface area contributed by atoms with E-state index in [-0.39, 0.29) is 17.4 Å². The lowest BCUT2D eigenvalue weighted by Crippen LogP contribution is -2.43. The maximum atomic E-state index is 12.7. The van der Waals surface area contributed by atoms with Gasteiger partial charge in [0.2, 0.25) is 5.91 Å². The third-order valence-electron chi connectivity index (χ3n) is 4.69. The maximum absolute atomic E-state index is 12.7. The molecule has 1 aromatic rings. The second-order valence-electron chi connectivity index (χ2n) is 6.25. The molecule has 0 spiro atoms. The highest BCUT2D eigenvalue weighted by molar-refractivity contribution is 5.83. The summed E-state index contributed by atoms with van der Waals surface area (Å²) in [6, 6.07) is 8.62. The molecule has 1 amide bonds. The molecule has 21 heavy (non-hydrogen) atoms.